The molecule has 4 N–H and O–H groups in total. The van der Waals surface area contributed by atoms with E-state index in [0.717, 1.165) is 75.6 Å². The molecule has 0 aliphatic carbocycles. The van der Waals surface area contributed by atoms with Crippen molar-refractivity contribution in [2.75, 3.05) is 46.9 Å². The van der Waals surface area contributed by atoms with E-state index in [0.29, 0.717) is 13.0 Å². The van der Waals surface area contributed by atoms with E-state index in [1.807, 2.05) is 36.4 Å². The summed E-state index contributed by atoms with van der Waals surface area (Å²) in [6.45, 7) is 6.93. The van der Waals surface area contributed by atoms with Crippen LogP contribution in [0.3, 0.4) is 0 Å². The van der Waals surface area contributed by atoms with Gasteiger partial charge in [0.2, 0.25) is 5.91 Å². The third-order valence-electron chi connectivity index (χ3n) is 7.85. The van der Waals surface area contributed by atoms with Gasteiger partial charge in [0.15, 0.2) is 0 Å². The Balaban J connectivity index is 1.23. The van der Waals surface area contributed by atoms with Crippen LogP contribution in [0.4, 0.5) is 0 Å². The summed E-state index contributed by atoms with van der Waals surface area (Å²) in [6, 6.07) is 16.0. The minimum Gasteiger partial charge on any atom is -0.496 e. The van der Waals surface area contributed by atoms with Crippen LogP contribution in [0.1, 0.15) is 101 Å². The average molecular weight is 597 g/mol. The van der Waals surface area contributed by atoms with Gasteiger partial charge in [-0.25, -0.2) is 0 Å². The maximum atomic E-state index is 12.1. The number of benzene rings is 2. The number of unbranched alkanes of at least 4 members (excludes halogenated alkanes) is 10. The first kappa shape index (κ1) is 36.6. The Hall–Kier alpha value is -2.61. The molecule has 0 saturated heterocycles. The van der Waals surface area contributed by atoms with Crippen molar-refractivity contribution >= 4 is 5.91 Å². The number of nitrogens with one attached hydrogen (secondary N) is 4. The molecule has 0 aromatic heterocycles. The van der Waals surface area contributed by atoms with Crippen molar-refractivity contribution < 1.29 is 14.3 Å². The summed E-state index contributed by atoms with van der Waals surface area (Å²) in [5.41, 5.74) is 2.24. The van der Waals surface area contributed by atoms with Crippen molar-refractivity contribution in [1.29, 1.82) is 0 Å². The summed E-state index contributed by atoms with van der Waals surface area (Å²) in [5, 5.41) is 13.7. The zero-order chi connectivity index (χ0) is 30.6. The first-order valence-electron chi connectivity index (χ1n) is 16.9. The molecule has 43 heavy (non-hydrogen) atoms. The van der Waals surface area contributed by atoms with Crippen LogP contribution in [0.15, 0.2) is 48.5 Å². The topological polar surface area (TPSA) is 83.7 Å². The zero-order valence-electron chi connectivity index (χ0n) is 27.2. The van der Waals surface area contributed by atoms with E-state index in [-0.39, 0.29) is 5.91 Å². The van der Waals surface area contributed by atoms with E-state index < -0.39 is 0 Å². The van der Waals surface area contributed by atoms with Crippen LogP contribution in [0, 0.1) is 0 Å². The smallest absolute Gasteiger partial charge is 0.220 e. The maximum absolute atomic E-state index is 12.1. The molecular weight excluding hydrogens is 536 g/mol. The summed E-state index contributed by atoms with van der Waals surface area (Å²) < 4.78 is 10.7. The number of amides is 1. The molecule has 2 rings (SSSR count). The molecule has 242 valence electrons. The van der Waals surface area contributed by atoms with Gasteiger partial charge in [0.1, 0.15) is 11.5 Å². The molecule has 7 heteroatoms. The molecule has 7 nitrogen and oxygen atoms in total. The standard InChI is InChI=1S/C36H60N4O3/c1-42-34-22-13-11-20-32(34)30-39-29-18-8-7-17-27-37-25-15-5-3-4-6-16-26-38-28-19-9-10-24-36(41)40-31-33-21-12-14-23-35(33)43-2/h11-14,20-23,37-39H,3-10,15-19,24-31H2,1-2H3,(H,40,41). The van der Waals surface area contributed by atoms with Gasteiger partial charge in [-0.1, -0.05) is 81.3 Å². The number of carbonyl (C=O) groups is 1. The Morgan fingerprint density at radius 1 is 0.512 bits per heavy atom. The molecule has 0 aliphatic heterocycles. The van der Waals surface area contributed by atoms with Crippen LogP contribution in [-0.2, 0) is 17.9 Å². The fourth-order valence-electron chi connectivity index (χ4n) is 5.23. The molecular formula is C36H60N4O3. The fraction of sp³-hybridized carbons (Fsp3) is 0.639. The molecule has 0 spiro atoms. The number of rotatable bonds is 28. The molecule has 0 atom stereocenters. The lowest BCUT2D eigenvalue weighted by Gasteiger charge is -2.09. The normalized spacial score (nSPS) is 11.0. The molecule has 0 fully saturated rings. The molecule has 0 heterocycles. The first-order chi connectivity index (χ1) is 21.2. The van der Waals surface area contributed by atoms with Crippen molar-refractivity contribution in [1.82, 2.24) is 21.3 Å². The third-order valence-corrected chi connectivity index (χ3v) is 7.85. The second kappa shape index (κ2) is 25.8. The Morgan fingerprint density at radius 2 is 0.907 bits per heavy atom. The van der Waals surface area contributed by atoms with Gasteiger partial charge in [-0.15, -0.1) is 0 Å². The van der Waals surface area contributed by atoms with Gasteiger partial charge in [0, 0.05) is 30.6 Å². The monoisotopic (exact) mass is 596 g/mol. The van der Waals surface area contributed by atoms with Gasteiger partial charge < -0.3 is 30.7 Å². The molecule has 0 saturated carbocycles. The molecule has 2 aromatic carbocycles. The highest BCUT2D eigenvalue weighted by atomic mass is 16.5. The lowest BCUT2D eigenvalue weighted by Crippen LogP contribution is -2.22. The van der Waals surface area contributed by atoms with E-state index in [9.17, 15) is 4.79 Å². The Kier molecular flexibility index (Phi) is 22.0. The Morgan fingerprint density at radius 3 is 1.40 bits per heavy atom. The lowest BCUT2D eigenvalue weighted by atomic mass is 10.1. The summed E-state index contributed by atoms with van der Waals surface area (Å²) in [4.78, 5) is 12.1. The van der Waals surface area contributed by atoms with Gasteiger partial charge in [-0.05, 0) is 83.4 Å². The van der Waals surface area contributed by atoms with Crippen LogP contribution in [-0.4, -0.2) is 52.9 Å². The molecule has 0 radical (unpaired) electrons. The van der Waals surface area contributed by atoms with E-state index in [4.69, 9.17) is 9.47 Å². The molecule has 0 unspecified atom stereocenters. The van der Waals surface area contributed by atoms with Gasteiger partial charge in [-0.2, -0.15) is 0 Å². The van der Waals surface area contributed by atoms with Crippen molar-refractivity contribution in [2.24, 2.45) is 0 Å². The highest BCUT2D eigenvalue weighted by Crippen LogP contribution is 2.17. The zero-order valence-corrected chi connectivity index (χ0v) is 27.2. The second-order valence-corrected chi connectivity index (χ2v) is 11.4. The second-order valence-electron chi connectivity index (χ2n) is 11.4. The van der Waals surface area contributed by atoms with E-state index in [2.05, 4.69) is 33.4 Å². The summed E-state index contributed by atoms with van der Waals surface area (Å²) >= 11 is 0. The Labute approximate surface area is 262 Å². The molecule has 0 bridgehead atoms. The predicted molar refractivity (Wildman–Crippen MR) is 180 cm³/mol. The van der Waals surface area contributed by atoms with E-state index >= 15 is 0 Å². The van der Waals surface area contributed by atoms with Crippen LogP contribution < -0.4 is 30.7 Å². The highest BCUT2D eigenvalue weighted by molar-refractivity contribution is 5.75. The van der Waals surface area contributed by atoms with Crippen molar-refractivity contribution in [3.63, 3.8) is 0 Å². The average Bonchev–Trinajstić information content (AvgIpc) is 3.04. The highest BCUT2D eigenvalue weighted by Gasteiger charge is 2.05. The largest absolute Gasteiger partial charge is 0.496 e. The van der Waals surface area contributed by atoms with Crippen molar-refractivity contribution in [3.05, 3.63) is 59.7 Å². The van der Waals surface area contributed by atoms with Gasteiger partial charge in [0.05, 0.1) is 14.2 Å². The first-order valence-corrected chi connectivity index (χ1v) is 16.9. The summed E-state index contributed by atoms with van der Waals surface area (Å²) in [7, 11) is 3.39. The number of ether oxygens (including phenoxy) is 2. The molecule has 0 aliphatic rings. The van der Waals surface area contributed by atoms with Crippen LogP contribution in [0.2, 0.25) is 0 Å². The molecule has 2 aromatic rings. The van der Waals surface area contributed by atoms with Gasteiger partial charge >= 0.3 is 0 Å². The van der Waals surface area contributed by atoms with E-state index in [1.165, 1.54) is 69.8 Å². The van der Waals surface area contributed by atoms with Crippen molar-refractivity contribution in [2.45, 2.75) is 103 Å². The lowest BCUT2D eigenvalue weighted by molar-refractivity contribution is -0.121. The number of methoxy groups -OCH3 is 2. The minimum absolute atomic E-state index is 0.117. The summed E-state index contributed by atoms with van der Waals surface area (Å²) in [6.07, 6.45) is 16.8. The quantitative estimate of drug-likeness (QED) is 0.0814. The van der Waals surface area contributed by atoms with Crippen molar-refractivity contribution in [3.8, 4) is 11.5 Å². The number of carbonyl (C=O) groups excluding carboxylic acids is 1. The SMILES string of the molecule is COc1ccccc1CNCCCCCCNCCCCCCCCNCCCCCC(=O)NCc1ccccc1OC. The number of para-hydroxylation sites is 2. The van der Waals surface area contributed by atoms with Crippen LogP contribution >= 0.6 is 0 Å². The number of hydrogen-bond acceptors (Lipinski definition) is 6. The minimum atomic E-state index is 0.117. The summed E-state index contributed by atoms with van der Waals surface area (Å²) in [5.74, 6) is 1.90. The Bertz CT molecular complexity index is 956. The maximum Gasteiger partial charge on any atom is 0.220 e. The van der Waals surface area contributed by atoms with Gasteiger partial charge in [0.25, 0.3) is 0 Å². The van der Waals surface area contributed by atoms with Crippen LogP contribution in [0.5, 0.6) is 11.5 Å². The molecule has 1 amide bonds. The third kappa shape index (κ3) is 18.6. The van der Waals surface area contributed by atoms with Gasteiger partial charge in [-0.3, -0.25) is 4.79 Å². The number of hydrogen-bond donors (Lipinski definition) is 4. The predicted octanol–water partition coefficient (Wildman–Crippen LogP) is 6.75. The van der Waals surface area contributed by atoms with Crippen LogP contribution in [0.25, 0.3) is 0 Å². The van der Waals surface area contributed by atoms with E-state index in [1.54, 1.807) is 14.2 Å². The fourth-order valence-corrected chi connectivity index (χ4v) is 5.23.